The second-order valence-corrected chi connectivity index (χ2v) is 9.22. The van der Waals surface area contributed by atoms with Gasteiger partial charge in [-0.1, -0.05) is 6.07 Å². The molecule has 28 heavy (non-hydrogen) atoms. The second kappa shape index (κ2) is 7.42. The molecule has 152 valence electrons. The summed E-state index contributed by atoms with van der Waals surface area (Å²) in [5.41, 5.74) is -1.38. The lowest BCUT2D eigenvalue weighted by atomic mass is 10.1. The molecule has 0 fully saturated rings. The van der Waals surface area contributed by atoms with Gasteiger partial charge in [0.1, 0.15) is 11.6 Å². The highest BCUT2D eigenvalue weighted by molar-refractivity contribution is 7.92. The van der Waals surface area contributed by atoms with Crippen LogP contribution in [0.3, 0.4) is 0 Å². The Balaban J connectivity index is 2.24. The smallest absolute Gasteiger partial charge is 0.416 e. The van der Waals surface area contributed by atoms with Gasteiger partial charge in [0, 0.05) is 12.6 Å². The molecule has 0 heterocycles. The molecule has 2 aromatic carbocycles. The summed E-state index contributed by atoms with van der Waals surface area (Å²) in [6, 6.07) is 6.00. The average molecular weight is 419 g/mol. The number of aromatic hydroxyl groups is 1. The van der Waals surface area contributed by atoms with Crippen molar-refractivity contribution in [2.45, 2.75) is 29.7 Å². The maximum absolute atomic E-state index is 13.0. The minimum absolute atomic E-state index is 0.270. The van der Waals surface area contributed by atoms with Gasteiger partial charge >= 0.3 is 6.18 Å². The molecule has 10 heteroatoms. The van der Waals surface area contributed by atoms with E-state index in [9.17, 15) is 35.9 Å². The number of hydrogen-bond acceptors (Lipinski definition) is 4. The Bertz CT molecular complexity index is 1000. The molecule has 0 saturated carbocycles. The molecular formula is C18H17F4NO4S. The third-order valence-electron chi connectivity index (χ3n) is 4.08. The highest BCUT2D eigenvalue weighted by Gasteiger charge is 2.38. The van der Waals surface area contributed by atoms with Gasteiger partial charge in [0.15, 0.2) is 9.84 Å². The van der Waals surface area contributed by atoms with Crippen molar-refractivity contribution in [1.29, 1.82) is 0 Å². The fourth-order valence-electron chi connectivity index (χ4n) is 2.34. The van der Waals surface area contributed by atoms with Gasteiger partial charge in [0.25, 0.3) is 5.91 Å². The predicted molar refractivity (Wildman–Crippen MR) is 93.1 cm³/mol. The fourth-order valence-corrected chi connectivity index (χ4v) is 3.78. The first-order chi connectivity index (χ1) is 12.8. The van der Waals surface area contributed by atoms with Crippen molar-refractivity contribution in [3.05, 3.63) is 59.4 Å². The van der Waals surface area contributed by atoms with E-state index in [-0.39, 0.29) is 5.56 Å². The van der Waals surface area contributed by atoms with Crippen molar-refractivity contribution in [3.8, 4) is 5.75 Å². The molecule has 2 aromatic rings. The van der Waals surface area contributed by atoms with Crippen molar-refractivity contribution in [3.63, 3.8) is 0 Å². The molecule has 0 spiro atoms. The van der Waals surface area contributed by atoms with Gasteiger partial charge < -0.3 is 10.4 Å². The van der Waals surface area contributed by atoms with Crippen LogP contribution in [0.4, 0.5) is 17.6 Å². The van der Waals surface area contributed by atoms with E-state index in [1.54, 1.807) is 0 Å². The van der Waals surface area contributed by atoms with Gasteiger partial charge in [-0.25, -0.2) is 12.8 Å². The lowest BCUT2D eigenvalue weighted by molar-refractivity contribution is -0.137. The minimum atomic E-state index is -4.70. The summed E-state index contributed by atoms with van der Waals surface area (Å²) in [5.74, 6) is -2.25. The van der Waals surface area contributed by atoms with Crippen molar-refractivity contribution in [2.24, 2.45) is 0 Å². The quantitative estimate of drug-likeness (QED) is 0.727. The molecule has 0 unspecified atom stereocenters. The third-order valence-corrected chi connectivity index (χ3v) is 6.55. The van der Waals surface area contributed by atoms with Gasteiger partial charge in [-0.05, 0) is 44.2 Å². The summed E-state index contributed by atoms with van der Waals surface area (Å²) in [5, 5.41) is 11.9. The first-order valence-electron chi connectivity index (χ1n) is 7.94. The molecular weight excluding hydrogens is 402 g/mol. The van der Waals surface area contributed by atoms with Crippen LogP contribution in [0.15, 0.2) is 47.4 Å². The zero-order valence-electron chi connectivity index (χ0n) is 14.8. The first kappa shape index (κ1) is 21.7. The predicted octanol–water partition coefficient (Wildman–Crippen LogP) is 3.53. The van der Waals surface area contributed by atoms with E-state index < -0.39 is 55.2 Å². The van der Waals surface area contributed by atoms with Gasteiger partial charge in [0.05, 0.1) is 20.8 Å². The Labute approximate surface area is 158 Å². The van der Waals surface area contributed by atoms with Crippen molar-refractivity contribution in [2.75, 3.05) is 6.54 Å². The van der Waals surface area contributed by atoms with Crippen LogP contribution < -0.4 is 5.32 Å². The Kier molecular flexibility index (Phi) is 5.74. The molecule has 0 aliphatic rings. The summed E-state index contributed by atoms with van der Waals surface area (Å²) in [7, 11) is -4.25. The monoisotopic (exact) mass is 419 g/mol. The summed E-state index contributed by atoms with van der Waals surface area (Å²) in [6.45, 7) is 2.03. The van der Waals surface area contributed by atoms with Crippen molar-refractivity contribution in [1.82, 2.24) is 5.32 Å². The number of carbonyl (C=O) groups is 1. The van der Waals surface area contributed by atoms with Crippen LogP contribution in [0.1, 0.15) is 29.8 Å². The van der Waals surface area contributed by atoms with Crippen LogP contribution in [0, 0.1) is 5.82 Å². The van der Waals surface area contributed by atoms with Gasteiger partial charge in [0.2, 0.25) is 0 Å². The zero-order chi connectivity index (χ0) is 21.3. The third kappa shape index (κ3) is 4.44. The maximum atomic E-state index is 13.0. The molecule has 0 bridgehead atoms. The highest BCUT2D eigenvalue weighted by Crippen LogP contribution is 2.33. The van der Waals surface area contributed by atoms with Crippen LogP contribution in [0.5, 0.6) is 5.75 Å². The van der Waals surface area contributed by atoms with Crippen LogP contribution in [-0.4, -0.2) is 30.7 Å². The maximum Gasteiger partial charge on any atom is 0.416 e. The Hall–Kier alpha value is -2.62. The minimum Gasteiger partial charge on any atom is -0.507 e. The number of nitrogens with one attached hydrogen (secondary N) is 1. The molecule has 2 rings (SSSR count). The topological polar surface area (TPSA) is 83.5 Å². The van der Waals surface area contributed by atoms with E-state index in [2.05, 4.69) is 5.32 Å². The summed E-state index contributed by atoms with van der Waals surface area (Å²) in [6.07, 6.45) is -4.70. The molecule has 2 N–H and O–H groups in total. The molecule has 0 atom stereocenters. The molecule has 5 nitrogen and oxygen atoms in total. The van der Waals surface area contributed by atoms with Gasteiger partial charge in [-0.2, -0.15) is 13.2 Å². The van der Waals surface area contributed by atoms with Gasteiger partial charge in [-0.15, -0.1) is 0 Å². The lowest BCUT2D eigenvalue weighted by Crippen LogP contribution is -2.44. The van der Waals surface area contributed by atoms with E-state index in [1.165, 1.54) is 13.8 Å². The summed E-state index contributed by atoms with van der Waals surface area (Å²) < 4.78 is 75.5. The SMILES string of the molecule is CC(C)(CNC(=O)c1ccc(F)cc1O)S(=O)(=O)c1cccc(C(F)(F)F)c1. The summed E-state index contributed by atoms with van der Waals surface area (Å²) in [4.78, 5) is 11.6. The first-order valence-corrected chi connectivity index (χ1v) is 9.42. The van der Waals surface area contributed by atoms with E-state index in [1.807, 2.05) is 0 Å². The van der Waals surface area contributed by atoms with E-state index in [0.29, 0.717) is 6.07 Å². The molecule has 0 saturated heterocycles. The van der Waals surface area contributed by atoms with Crippen LogP contribution in [0.25, 0.3) is 0 Å². The number of carbonyl (C=O) groups excluding carboxylic acids is 1. The Morgan fingerprint density at radius 2 is 1.75 bits per heavy atom. The number of alkyl halides is 3. The molecule has 0 radical (unpaired) electrons. The largest absolute Gasteiger partial charge is 0.507 e. The molecule has 0 aliphatic carbocycles. The summed E-state index contributed by atoms with van der Waals surface area (Å²) >= 11 is 0. The molecule has 0 aromatic heterocycles. The second-order valence-electron chi connectivity index (χ2n) is 6.63. The van der Waals surface area contributed by atoms with Crippen LogP contribution >= 0.6 is 0 Å². The van der Waals surface area contributed by atoms with E-state index in [0.717, 1.165) is 36.4 Å². The number of halogens is 4. The number of rotatable bonds is 5. The number of sulfone groups is 1. The normalized spacial score (nSPS) is 12.6. The Morgan fingerprint density at radius 1 is 1.11 bits per heavy atom. The molecule has 0 aliphatic heterocycles. The zero-order valence-corrected chi connectivity index (χ0v) is 15.7. The van der Waals surface area contributed by atoms with E-state index in [4.69, 9.17) is 0 Å². The van der Waals surface area contributed by atoms with Crippen LogP contribution in [0.2, 0.25) is 0 Å². The van der Waals surface area contributed by atoms with E-state index >= 15 is 0 Å². The number of phenolic OH excluding ortho intramolecular Hbond substituents is 1. The van der Waals surface area contributed by atoms with Gasteiger partial charge in [-0.3, -0.25) is 4.79 Å². The Morgan fingerprint density at radius 3 is 2.32 bits per heavy atom. The standard InChI is InChI=1S/C18H17F4NO4S/c1-17(2,10-23-16(25)14-7-6-12(19)9-15(14)24)28(26,27)13-5-3-4-11(8-13)18(20,21)22/h3-9,24H,10H2,1-2H3,(H,23,25). The number of phenols is 1. The lowest BCUT2D eigenvalue weighted by Gasteiger charge is -2.25. The fraction of sp³-hybridized carbons (Fsp3) is 0.278. The van der Waals surface area contributed by atoms with Crippen LogP contribution in [-0.2, 0) is 16.0 Å². The van der Waals surface area contributed by atoms with Crippen molar-refractivity contribution >= 4 is 15.7 Å². The number of benzene rings is 2. The van der Waals surface area contributed by atoms with Crippen molar-refractivity contribution < 1.29 is 35.9 Å². The number of hydrogen-bond donors (Lipinski definition) is 2. The average Bonchev–Trinajstić information content (AvgIpc) is 2.59. The highest BCUT2D eigenvalue weighted by atomic mass is 32.2. The number of amides is 1. The molecule has 1 amide bonds.